The topological polar surface area (TPSA) is 50.7 Å². The molecule has 0 aromatic heterocycles. The fourth-order valence-corrected chi connectivity index (χ4v) is 1.56. The average Bonchev–Trinajstić information content (AvgIpc) is 2.45. The average molecular weight is 217 g/mol. The lowest BCUT2D eigenvalue weighted by Crippen LogP contribution is -2.39. The Morgan fingerprint density at radius 2 is 2.07 bits per heavy atom. The van der Waals surface area contributed by atoms with E-state index in [0.29, 0.717) is 19.1 Å². The highest BCUT2D eigenvalue weighted by molar-refractivity contribution is 4.78. The predicted molar refractivity (Wildman–Crippen MR) is 58.6 cm³/mol. The first kappa shape index (κ1) is 12.9. The number of aliphatic hydroxyl groups is 1. The van der Waals surface area contributed by atoms with Gasteiger partial charge in [0.1, 0.15) is 6.10 Å². The Bertz CT molecular complexity index is 194. The molecule has 0 aromatic carbocycles. The number of hydrogen-bond acceptors (Lipinski definition) is 4. The maximum Gasteiger partial charge on any atom is 0.163 e. The van der Waals surface area contributed by atoms with Crippen LogP contribution in [0.3, 0.4) is 0 Å². The van der Waals surface area contributed by atoms with E-state index < -0.39 is 11.9 Å². The van der Waals surface area contributed by atoms with Crippen LogP contribution in [-0.4, -0.2) is 42.8 Å². The van der Waals surface area contributed by atoms with Crippen LogP contribution in [0.1, 0.15) is 27.7 Å². The van der Waals surface area contributed by atoms with Crippen LogP contribution < -0.4 is 5.32 Å². The molecule has 1 aliphatic rings. The van der Waals surface area contributed by atoms with Crippen molar-refractivity contribution in [2.24, 2.45) is 5.92 Å². The molecule has 1 rings (SSSR count). The molecule has 0 aliphatic carbocycles. The molecule has 0 amide bonds. The van der Waals surface area contributed by atoms with Crippen LogP contribution in [0, 0.1) is 5.92 Å². The van der Waals surface area contributed by atoms with Gasteiger partial charge in [0.15, 0.2) is 5.79 Å². The van der Waals surface area contributed by atoms with E-state index >= 15 is 0 Å². The van der Waals surface area contributed by atoms with Crippen molar-refractivity contribution in [1.29, 1.82) is 0 Å². The van der Waals surface area contributed by atoms with Crippen molar-refractivity contribution >= 4 is 0 Å². The molecule has 1 aliphatic heterocycles. The molecule has 1 heterocycles. The van der Waals surface area contributed by atoms with E-state index in [2.05, 4.69) is 19.2 Å². The van der Waals surface area contributed by atoms with Gasteiger partial charge >= 0.3 is 0 Å². The first-order valence-electron chi connectivity index (χ1n) is 5.61. The third-order valence-electron chi connectivity index (χ3n) is 2.37. The fourth-order valence-electron chi connectivity index (χ4n) is 1.56. The number of nitrogens with one attached hydrogen (secondary N) is 1. The minimum atomic E-state index is -0.552. The summed E-state index contributed by atoms with van der Waals surface area (Å²) in [5.41, 5.74) is 0. The quantitative estimate of drug-likeness (QED) is 0.713. The summed E-state index contributed by atoms with van der Waals surface area (Å²) in [6, 6.07) is 0. The molecule has 4 nitrogen and oxygen atoms in total. The smallest absolute Gasteiger partial charge is 0.163 e. The van der Waals surface area contributed by atoms with E-state index in [1.807, 2.05) is 13.8 Å². The monoisotopic (exact) mass is 217 g/mol. The van der Waals surface area contributed by atoms with Crippen molar-refractivity contribution < 1.29 is 14.6 Å². The lowest BCUT2D eigenvalue weighted by atomic mass is 10.2. The van der Waals surface area contributed by atoms with Crippen LogP contribution in [0.15, 0.2) is 0 Å². The van der Waals surface area contributed by atoms with Gasteiger partial charge in [-0.3, -0.25) is 0 Å². The van der Waals surface area contributed by atoms with Crippen molar-refractivity contribution in [3.8, 4) is 0 Å². The van der Waals surface area contributed by atoms with Crippen molar-refractivity contribution in [3.05, 3.63) is 0 Å². The van der Waals surface area contributed by atoms with Crippen LogP contribution in [0.25, 0.3) is 0 Å². The second-order valence-corrected chi connectivity index (χ2v) is 4.99. The molecular formula is C11H23NO3. The Balaban J connectivity index is 2.21. The van der Waals surface area contributed by atoms with Gasteiger partial charge in [0.25, 0.3) is 0 Å². The maximum absolute atomic E-state index is 9.83. The second kappa shape index (κ2) is 5.25. The largest absolute Gasteiger partial charge is 0.389 e. The maximum atomic E-state index is 9.83. The summed E-state index contributed by atoms with van der Waals surface area (Å²) in [5, 5.41) is 13.0. The van der Waals surface area contributed by atoms with Gasteiger partial charge in [-0.1, -0.05) is 13.8 Å². The van der Waals surface area contributed by atoms with Crippen molar-refractivity contribution in [3.63, 3.8) is 0 Å². The van der Waals surface area contributed by atoms with E-state index in [9.17, 15) is 5.11 Å². The predicted octanol–water partition coefficient (Wildman–Crippen LogP) is 0.744. The Labute approximate surface area is 92.0 Å². The summed E-state index contributed by atoms with van der Waals surface area (Å²) in [7, 11) is 0. The van der Waals surface area contributed by atoms with Crippen molar-refractivity contribution in [1.82, 2.24) is 5.32 Å². The molecular weight excluding hydrogens is 194 g/mol. The zero-order chi connectivity index (χ0) is 11.5. The summed E-state index contributed by atoms with van der Waals surface area (Å²) in [6.45, 7) is 9.94. The van der Waals surface area contributed by atoms with Gasteiger partial charge in [-0.25, -0.2) is 0 Å². The summed E-state index contributed by atoms with van der Waals surface area (Å²) in [4.78, 5) is 0. The van der Waals surface area contributed by atoms with Gasteiger partial charge in [0.2, 0.25) is 0 Å². The SMILES string of the molecule is CC(C)CNCC(O)C1COC(C)(C)O1. The molecule has 0 saturated carbocycles. The molecule has 2 atom stereocenters. The lowest BCUT2D eigenvalue weighted by Gasteiger charge is -2.21. The first-order valence-corrected chi connectivity index (χ1v) is 5.61. The van der Waals surface area contributed by atoms with Crippen LogP contribution >= 0.6 is 0 Å². The Morgan fingerprint density at radius 3 is 2.53 bits per heavy atom. The van der Waals surface area contributed by atoms with Gasteiger partial charge in [-0.05, 0) is 26.3 Å². The van der Waals surface area contributed by atoms with Crippen LogP contribution in [0.2, 0.25) is 0 Å². The second-order valence-electron chi connectivity index (χ2n) is 4.99. The highest BCUT2D eigenvalue weighted by Gasteiger charge is 2.36. The van der Waals surface area contributed by atoms with E-state index in [4.69, 9.17) is 9.47 Å². The van der Waals surface area contributed by atoms with Crippen LogP contribution in [0.5, 0.6) is 0 Å². The third kappa shape index (κ3) is 4.47. The van der Waals surface area contributed by atoms with Gasteiger partial charge in [0, 0.05) is 6.54 Å². The molecule has 1 saturated heterocycles. The minimum Gasteiger partial charge on any atom is -0.389 e. The van der Waals surface area contributed by atoms with Crippen molar-refractivity contribution in [2.45, 2.75) is 45.7 Å². The molecule has 2 unspecified atom stereocenters. The highest BCUT2D eigenvalue weighted by Crippen LogP contribution is 2.23. The minimum absolute atomic E-state index is 0.209. The molecule has 0 aromatic rings. The molecule has 0 radical (unpaired) electrons. The summed E-state index contributed by atoms with van der Waals surface area (Å²) < 4.78 is 10.9. The van der Waals surface area contributed by atoms with Gasteiger partial charge < -0.3 is 19.9 Å². The van der Waals surface area contributed by atoms with Gasteiger partial charge in [-0.2, -0.15) is 0 Å². The Morgan fingerprint density at radius 1 is 1.40 bits per heavy atom. The zero-order valence-electron chi connectivity index (χ0n) is 10.1. The van der Waals surface area contributed by atoms with Crippen LogP contribution in [-0.2, 0) is 9.47 Å². The van der Waals surface area contributed by atoms with Gasteiger partial charge in [0.05, 0.1) is 12.7 Å². The number of aliphatic hydroxyl groups excluding tert-OH is 1. The van der Waals surface area contributed by atoms with Crippen LogP contribution in [0.4, 0.5) is 0 Å². The van der Waals surface area contributed by atoms with Crippen molar-refractivity contribution in [2.75, 3.05) is 19.7 Å². The highest BCUT2D eigenvalue weighted by atomic mass is 16.7. The first-order chi connectivity index (χ1) is 6.91. The molecule has 2 N–H and O–H groups in total. The molecule has 0 spiro atoms. The third-order valence-corrected chi connectivity index (χ3v) is 2.37. The fraction of sp³-hybridized carbons (Fsp3) is 1.00. The standard InChI is InChI=1S/C11H23NO3/c1-8(2)5-12-6-9(13)10-7-14-11(3,4)15-10/h8-10,12-13H,5-7H2,1-4H3. The van der Waals surface area contributed by atoms with Gasteiger partial charge in [-0.15, -0.1) is 0 Å². The lowest BCUT2D eigenvalue weighted by molar-refractivity contribution is -0.150. The van der Waals surface area contributed by atoms with E-state index in [0.717, 1.165) is 6.54 Å². The summed E-state index contributed by atoms with van der Waals surface area (Å²) in [6.07, 6.45) is -0.704. The number of rotatable bonds is 5. The number of ether oxygens (including phenoxy) is 2. The van der Waals surface area contributed by atoms with E-state index in [-0.39, 0.29) is 6.10 Å². The molecule has 90 valence electrons. The number of hydrogen-bond donors (Lipinski definition) is 2. The normalized spacial score (nSPS) is 27.2. The van der Waals surface area contributed by atoms with E-state index in [1.54, 1.807) is 0 Å². The molecule has 15 heavy (non-hydrogen) atoms. The molecule has 0 bridgehead atoms. The Hall–Kier alpha value is -0.160. The van der Waals surface area contributed by atoms with E-state index in [1.165, 1.54) is 0 Å². The summed E-state index contributed by atoms with van der Waals surface area (Å²) >= 11 is 0. The Kier molecular flexibility index (Phi) is 4.52. The summed E-state index contributed by atoms with van der Waals surface area (Å²) in [5.74, 6) is 0.0401. The molecule has 1 fully saturated rings. The zero-order valence-corrected chi connectivity index (χ0v) is 10.1. The molecule has 4 heteroatoms.